The van der Waals surface area contributed by atoms with Crippen LogP contribution in [0.15, 0.2) is 70.7 Å². The molecule has 0 atom stereocenters. The van der Waals surface area contributed by atoms with Crippen LogP contribution in [0.3, 0.4) is 0 Å². The van der Waals surface area contributed by atoms with E-state index < -0.39 is 0 Å². The van der Waals surface area contributed by atoms with Crippen LogP contribution >= 0.6 is 11.8 Å². The molecule has 0 spiro atoms. The maximum Gasteiger partial charge on any atom is 0.278 e. The number of aromatic nitrogens is 3. The van der Waals surface area contributed by atoms with Crippen molar-refractivity contribution in [1.82, 2.24) is 14.1 Å². The summed E-state index contributed by atoms with van der Waals surface area (Å²) in [6.45, 7) is 0.889. The Morgan fingerprint density at radius 2 is 1.87 bits per heavy atom. The van der Waals surface area contributed by atoms with Crippen molar-refractivity contribution in [3.8, 4) is 16.9 Å². The van der Waals surface area contributed by atoms with Gasteiger partial charge in [0.1, 0.15) is 16.8 Å². The molecule has 6 nitrogen and oxygen atoms in total. The number of fused-ring (bicyclic) bond motifs is 1. The monoisotopic (exact) mass is 435 g/mol. The van der Waals surface area contributed by atoms with Gasteiger partial charge in [-0.3, -0.25) is 9.36 Å². The molecule has 0 radical (unpaired) electrons. The minimum absolute atomic E-state index is 0.0557. The van der Waals surface area contributed by atoms with Crippen LogP contribution in [0, 0.1) is 0 Å². The highest BCUT2D eigenvalue weighted by molar-refractivity contribution is 7.98. The molecule has 0 aliphatic rings. The van der Waals surface area contributed by atoms with Crippen LogP contribution in [0.1, 0.15) is 5.56 Å². The quantitative estimate of drug-likeness (QED) is 0.304. The van der Waals surface area contributed by atoms with Gasteiger partial charge in [0.25, 0.3) is 5.56 Å². The zero-order valence-electron chi connectivity index (χ0n) is 17.9. The SMILES string of the molecule is COCCn1c(SCc2cccc(OC)c2)nc2c(-c3ccccc3)cn(C)c2c1=O. The molecule has 0 N–H and O–H groups in total. The van der Waals surface area contributed by atoms with Crippen LogP contribution in [0.25, 0.3) is 22.2 Å². The van der Waals surface area contributed by atoms with E-state index >= 15 is 0 Å². The highest BCUT2D eigenvalue weighted by Crippen LogP contribution is 2.30. The van der Waals surface area contributed by atoms with Crippen LogP contribution in [0.5, 0.6) is 5.75 Å². The van der Waals surface area contributed by atoms with Gasteiger partial charge in [-0.15, -0.1) is 0 Å². The van der Waals surface area contributed by atoms with Gasteiger partial charge in [-0.2, -0.15) is 0 Å². The fourth-order valence-corrected chi connectivity index (χ4v) is 4.54. The number of ether oxygens (including phenoxy) is 2. The van der Waals surface area contributed by atoms with E-state index in [-0.39, 0.29) is 5.56 Å². The number of rotatable bonds is 8. The van der Waals surface area contributed by atoms with E-state index in [4.69, 9.17) is 14.5 Å². The number of aryl methyl sites for hydroxylation is 1. The molecule has 0 fully saturated rings. The number of benzene rings is 2. The van der Waals surface area contributed by atoms with E-state index in [2.05, 4.69) is 0 Å². The third kappa shape index (κ3) is 4.38. The Labute approximate surface area is 185 Å². The van der Waals surface area contributed by atoms with Gasteiger partial charge in [-0.05, 0) is 23.3 Å². The molecule has 160 valence electrons. The van der Waals surface area contributed by atoms with Crippen LogP contribution in [0.4, 0.5) is 0 Å². The number of thioether (sulfide) groups is 1. The van der Waals surface area contributed by atoms with Crippen LogP contribution < -0.4 is 10.3 Å². The van der Waals surface area contributed by atoms with Crippen molar-refractivity contribution in [3.05, 3.63) is 76.7 Å². The second kappa shape index (κ2) is 9.41. The molecular formula is C24H25N3O3S. The molecule has 0 unspecified atom stereocenters. The topological polar surface area (TPSA) is 58.3 Å². The molecule has 2 aromatic heterocycles. The zero-order valence-corrected chi connectivity index (χ0v) is 18.7. The van der Waals surface area contributed by atoms with E-state index in [1.54, 1.807) is 30.5 Å². The van der Waals surface area contributed by atoms with E-state index in [1.165, 1.54) is 0 Å². The number of methoxy groups -OCH3 is 2. The summed E-state index contributed by atoms with van der Waals surface area (Å²) in [5.41, 5.74) is 4.37. The molecule has 31 heavy (non-hydrogen) atoms. The molecule has 4 rings (SSSR count). The molecule has 0 aliphatic heterocycles. The summed E-state index contributed by atoms with van der Waals surface area (Å²) in [7, 11) is 5.18. The Bertz CT molecular complexity index is 1250. The van der Waals surface area contributed by atoms with Crippen molar-refractivity contribution in [2.75, 3.05) is 20.8 Å². The van der Waals surface area contributed by atoms with Crippen LogP contribution in [0.2, 0.25) is 0 Å². The number of hydrogen-bond acceptors (Lipinski definition) is 5. The lowest BCUT2D eigenvalue weighted by molar-refractivity contribution is 0.183. The predicted octanol–water partition coefficient (Wildman–Crippen LogP) is 4.35. The van der Waals surface area contributed by atoms with E-state index in [0.29, 0.717) is 29.6 Å². The van der Waals surface area contributed by atoms with Gasteiger partial charge in [0.05, 0.1) is 20.3 Å². The summed E-state index contributed by atoms with van der Waals surface area (Å²) in [5.74, 6) is 1.49. The number of hydrogen-bond donors (Lipinski definition) is 0. The molecule has 0 amide bonds. The fourth-order valence-electron chi connectivity index (χ4n) is 3.58. The van der Waals surface area contributed by atoms with Gasteiger partial charge in [0, 0.05) is 31.7 Å². The predicted molar refractivity (Wildman–Crippen MR) is 125 cm³/mol. The Hall–Kier alpha value is -3.03. The average molecular weight is 436 g/mol. The normalized spacial score (nSPS) is 11.2. The Balaban J connectivity index is 1.80. The van der Waals surface area contributed by atoms with Gasteiger partial charge in [-0.1, -0.05) is 54.2 Å². The zero-order chi connectivity index (χ0) is 21.8. The smallest absolute Gasteiger partial charge is 0.278 e. The first-order valence-corrected chi connectivity index (χ1v) is 11.0. The molecule has 0 aliphatic carbocycles. The fraction of sp³-hybridized carbons (Fsp3) is 0.250. The second-order valence-electron chi connectivity index (χ2n) is 7.20. The van der Waals surface area contributed by atoms with E-state index in [9.17, 15) is 4.79 Å². The summed E-state index contributed by atoms with van der Waals surface area (Å²) in [5, 5.41) is 0.681. The van der Waals surface area contributed by atoms with Crippen LogP contribution in [-0.2, 0) is 24.1 Å². The maximum atomic E-state index is 13.4. The summed E-state index contributed by atoms with van der Waals surface area (Å²) in [4.78, 5) is 18.4. The lowest BCUT2D eigenvalue weighted by atomic mass is 10.1. The Morgan fingerprint density at radius 1 is 1.06 bits per heavy atom. The van der Waals surface area contributed by atoms with Crippen molar-refractivity contribution in [2.45, 2.75) is 17.5 Å². The standard InChI is InChI=1S/C24H25N3O3S/c1-26-15-20(18-9-5-4-6-10-18)21-22(26)23(28)27(12-13-29-2)24(25-21)31-16-17-8-7-11-19(14-17)30-3/h4-11,14-15H,12-13,16H2,1-3H3. The van der Waals surface area contributed by atoms with Gasteiger partial charge >= 0.3 is 0 Å². The summed E-state index contributed by atoms with van der Waals surface area (Å²) < 4.78 is 14.2. The first-order valence-electron chi connectivity index (χ1n) is 10.0. The molecule has 2 aromatic carbocycles. The van der Waals surface area contributed by atoms with E-state index in [1.807, 2.05) is 72.4 Å². The van der Waals surface area contributed by atoms with Crippen molar-refractivity contribution in [3.63, 3.8) is 0 Å². The van der Waals surface area contributed by atoms with Crippen molar-refractivity contribution >= 4 is 22.8 Å². The molecule has 0 bridgehead atoms. The summed E-state index contributed by atoms with van der Waals surface area (Å²) in [6.07, 6.45) is 1.98. The minimum atomic E-state index is -0.0557. The lowest BCUT2D eigenvalue weighted by Gasteiger charge is -2.13. The Morgan fingerprint density at radius 3 is 2.61 bits per heavy atom. The van der Waals surface area contributed by atoms with Gasteiger partial charge in [0.15, 0.2) is 5.16 Å². The van der Waals surface area contributed by atoms with Crippen molar-refractivity contribution in [1.29, 1.82) is 0 Å². The highest BCUT2D eigenvalue weighted by atomic mass is 32.2. The summed E-state index contributed by atoms with van der Waals surface area (Å²) >= 11 is 1.54. The molecular weight excluding hydrogens is 410 g/mol. The molecule has 4 aromatic rings. The number of nitrogens with zero attached hydrogens (tertiary/aromatic N) is 3. The first-order chi connectivity index (χ1) is 15.1. The summed E-state index contributed by atoms with van der Waals surface area (Å²) in [6, 6.07) is 18.0. The van der Waals surface area contributed by atoms with Gasteiger partial charge in [0.2, 0.25) is 0 Å². The van der Waals surface area contributed by atoms with Gasteiger partial charge < -0.3 is 14.0 Å². The highest BCUT2D eigenvalue weighted by Gasteiger charge is 2.18. The molecule has 7 heteroatoms. The molecule has 2 heterocycles. The van der Waals surface area contributed by atoms with Crippen molar-refractivity contribution < 1.29 is 9.47 Å². The van der Waals surface area contributed by atoms with E-state index in [0.717, 1.165) is 28.0 Å². The third-order valence-electron chi connectivity index (χ3n) is 5.15. The van der Waals surface area contributed by atoms with Crippen LogP contribution in [-0.4, -0.2) is 34.9 Å². The Kier molecular flexibility index (Phi) is 6.44. The molecule has 0 saturated carbocycles. The average Bonchev–Trinajstić information content (AvgIpc) is 3.14. The first kappa shape index (κ1) is 21.2. The molecule has 0 saturated heterocycles. The van der Waals surface area contributed by atoms with Crippen molar-refractivity contribution in [2.24, 2.45) is 7.05 Å². The maximum absolute atomic E-state index is 13.4. The van der Waals surface area contributed by atoms with Gasteiger partial charge in [-0.25, -0.2) is 4.98 Å². The lowest BCUT2D eigenvalue weighted by Crippen LogP contribution is -2.26. The second-order valence-corrected chi connectivity index (χ2v) is 8.14. The largest absolute Gasteiger partial charge is 0.497 e. The third-order valence-corrected chi connectivity index (χ3v) is 6.19. The minimum Gasteiger partial charge on any atom is -0.497 e.